The van der Waals surface area contributed by atoms with Crippen LogP contribution in [0.15, 0.2) is 176 Å². The molecule has 8 aromatic carbocycles. The van der Waals surface area contributed by atoms with Gasteiger partial charge in [-0.05, 0) is 99.1 Å². The molecule has 9 aromatic rings. The number of rotatable bonds is 3. The molecule has 0 saturated carbocycles. The molecule has 1 aromatic heterocycles. The summed E-state index contributed by atoms with van der Waals surface area (Å²) in [5.41, 5.74) is 12.6. The van der Waals surface area contributed by atoms with Crippen LogP contribution in [-0.2, 0) is 5.41 Å². The van der Waals surface area contributed by atoms with Crippen LogP contribution in [0.5, 0.6) is 23.0 Å². The Morgan fingerprint density at radius 3 is 1.77 bits per heavy atom. The minimum Gasteiger partial charge on any atom is -0.449 e. The minimum atomic E-state index is -0.449. The molecule has 0 radical (unpaired) electrons. The number of ether oxygens (including phenoxy) is 2. The predicted molar refractivity (Wildman–Crippen MR) is 217 cm³/mol. The van der Waals surface area contributed by atoms with Crippen LogP contribution in [-0.4, -0.2) is 0 Å². The standard InChI is InChI=1S/C49H29NO2S/c1-2-13-30(14-3-1)50(31-25-26-36-35-18-7-11-24-46(35)53-47(36)27-31)42-22-12-23-43-48(42)52-44-28-37-34-17-6-10-21-40(34)49(41(37)29-45(44)51-43)38-19-8-4-15-32(38)33-16-5-9-20-39(33)49/h1-29H. The van der Waals surface area contributed by atoms with Crippen molar-refractivity contribution < 1.29 is 9.47 Å². The summed E-state index contributed by atoms with van der Waals surface area (Å²) in [4.78, 5) is 2.28. The van der Waals surface area contributed by atoms with E-state index < -0.39 is 5.41 Å². The van der Waals surface area contributed by atoms with E-state index in [1.165, 1.54) is 64.7 Å². The Bertz CT molecular complexity index is 2930. The number of benzene rings is 8. The summed E-state index contributed by atoms with van der Waals surface area (Å²) in [6.07, 6.45) is 0. The maximum atomic E-state index is 7.03. The quantitative estimate of drug-likeness (QED) is 0.184. The minimum absolute atomic E-state index is 0.449. The Hall–Kier alpha value is -6.62. The third-order valence-electron chi connectivity index (χ3n) is 11.3. The topological polar surface area (TPSA) is 21.7 Å². The normalized spacial score (nSPS) is 13.7. The zero-order valence-electron chi connectivity index (χ0n) is 28.4. The number of nitrogens with zero attached hydrogens (tertiary/aromatic N) is 1. The molecule has 3 aliphatic rings. The highest BCUT2D eigenvalue weighted by molar-refractivity contribution is 7.25. The van der Waals surface area contributed by atoms with E-state index in [0.717, 1.165) is 22.8 Å². The van der Waals surface area contributed by atoms with Crippen molar-refractivity contribution >= 4 is 48.6 Å². The molecule has 1 spiro atoms. The predicted octanol–water partition coefficient (Wildman–Crippen LogP) is 13.8. The Balaban J connectivity index is 1.04. The van der Waals surface area contributed by atoms with Gasteiger partial charge in [-0.25, -0.2) is 0 Å². The summed E-state index contributed by atoms with van der Waals surface area (Å²) in [6.45, 7) is 0. The van der Waals surface area contributed by atoms with Crippen LogP contribution < -0.4 is 14.4 Å². The Morgan fingerprint density at radius 2 is 1.02 bits per heavy atom. The van der Waals surface area contributed by atoms with Gasteiger partial charge in [0.25, 0.3) is 0 Å². The second kappa shape index (κ2) is 10.7. The van der Waals surface area contributed by atoms with Crippen molar-refractivity contribution in [2.45, 2.75) is 5.41 Å². The lowest BCUT2D eigenvalue weighted by Gasteiger charge is -2.32. The molecule has 4 heteroatoms. The number of hydrogen-bond acceptors (Lipinski definition) is 4. The molecule has 53 heavy (non-hydrogen) atoms. The Kier molecular flexibility index (Phi) is 5.86. The highest BCUT2D eigenvalue weighted by Crippen LogP contribution is 2.65. The fraction of sp³-hybridized carbons (Fsp3) is 0.0204. The Morgan fingerprint density at radius 1 is 0.396 bits per heavy atom. The van der Waals surface area contributed by atoms with E-state index in [4.69, 9.17) is 9.47 Å². The summed E-state index contributed by atoms with van der Waals surface area (Å²) in [6, 6.07) is 63.2. The molecule has 12 rings (SSSR count). The molecule has 0 bridgehead atoms. The molecular formula is C49H29NO2S. The summed E-state index contributed by atoms with van der Waals surface area (Å²) in [7, 11) is 0. The Labute approximate surface area is 310 Å². The molecule has 1 aliphatic heterocycles. The van der Waals surface area contributed by atoms with Crippen molar-refractivity contribution in [2.24, 2.45) is 0 Å². The van der Waals surface area contributed by atoms with E-state index in [1.54, 1.807) is 0 Å². The van der Waals surface area contributed by atoms with Gasteiger partial charge in [0.05, 0.1) is 11.1 Å². The number of anilines is 3. The molecule has 0 amide bonds. The number of hydrogen-bond donors (Lipinski definition) is 0. The summed E-state index contributed by atoms with van der Waals surface area (Å²) in [5, 5.41) is 2.56. The molecule has 0 saturated heterocycles. The van der Waals surface area contributed by atoms with E-state index in [-0.39, 0.29) is 0 Å². The smallest absolute Gasteiger partial charge is 0.194 e. The molecule has 2 heterocycles. The number of thiophene rings is 1. The number of para-hydroxylation sites is 2. The lowest BCUT2D eigenvalue weighted by Crippen LogP contribution is -2.25. The van der Waals surface area contributed by atoms with Crippen LogP contribution >= 0.6 is 11.3 Å². The van der Waals surface area contributed by atoms with E-state index in [1.807, 2.05) is 17.4 Å². The van der Waals surface area contributed by atoms with Crippen LogP contribution in [0.4, 0.5) is 17.1 Å². The first-order valence-electron chi connectivity index (χ1n) is 18.0. The second-order valence-electron chi connectivity index (χ2n) is 14.0. The van der Waals surface area contributed by atoms with Crippen LogP contribution in [0.2, 0.25) is 0 Å². The maximum Gasteiger partial charge on any atom is 0.194 e. The lowest BCUT2D eigenvalue weighted by molar-refractivity contribution is 0.360. The molecule has 0 fully saturated rings. The molecule has 2 aliphatic carbocycles. The van der Waals surface area contributed by atoms with Crippen LogP contribution in [0.3, 0.4) is 0 Å². The van der Waals surface area contributed by atoms with E-state index in [9.17, 15) is 0 Å². The first-order chi connectivity index (χ1) is 26.3. The van der Waals surface area contributed by atoms with Gasteiger partial charge in [-0.3, -0.25) is 0 Å². The summed E-state index contributed by atoms with van der Waals surface area (Å²) >= 11 is 1.83. The molecule has 0 N–H and O–H groups in total. The van der Waals surface area contributed by atoms with Gasteiger partial charge >= 0.3 is 0 Å². The van der Waals surface area contributed by atoms with Gasteiger partial charge < -0.3 is 14.4 Å². The molecule has 3 nitrogen and oxygen atoms in total. The van der Waals surface area contributed by atoms with E-state index >= 15 is 0 Å². The van der Waals surface area contributed by atoms with Crippen LogP contribution in [0, 0.1) is 0 Å². The van der Waals surface area contributed by atoms with Crippen molar-refractivity contribution in [3.8, 4) is 45.3 Å². The molecule has 0 unspecified atom stereocenters. The van der Waals surface area contributed by atoms with Crippen molar-refractivity contribution in [2.75, 3.05) is 4.90 Å². The van der Waals surface area contributed by atoms with Crippen molar-refractivity contribution in [3.05, 3.63) is 198 Å². The molecule has 0 atom stereocenters. The third-order valence-corrected chi connectivity index (χ3v) is 12.5. The summed E-state index contributed by atoms with van der Waals surface area (Å²) < 4.78 is 16.5. The monoisotopic (exact) mass is 695 g/mol. The van der Waals surface area contributed by atoms with E-state index in [0.29, 0.717) is 17.2 Å². The van der Waals surface area contributed by atoms with Crippen molar-refractivity contribution in [1.29, 1.82) is 0 Å². The van der Waals surface area contributed by atoms with Gasteiger partial charge in [-0.1, -0.05) is 121 Å². The molecule has 248 valence electrons. The van der Waals surface area contributed by atoms with Gasteiger partial charge in [0.15, 0.2) is 23.0 Å². The van der Waals surface area contributed by atoms with Crippen molar-refractivity contribution in [3.63, 3.8) is 0 Å². The fourth-order valence-corrected chi connectivity index (χ4v) is 10.3. The first-order valence-corrected chi connectivity index (χ1v) is 18.8. The SMILES string of the molecule is c1ccc(N(c2ccc3c(c2)sc2ccccc23)c2cccc3c2Oc2cc4c(cc2O3)C2(c3ccccc3-c3ccccc32)c2ccccc2-4)cc1. The second-order valence-corrected chi connectivity index (χ2v) is 15.1. The third kappa shape index (κ3) is 3.88. The van der Waals surface area contributed by atoms with Gasteiger partial charge in [0, 0.05) is 31.5 Å². The maximum absolute atomic E-state index is 7.03. The van der Waals surface area contributed by atoms with Gasteiger partial charge in [0.2, 0.25) is 0 Å². The zero-order valence-corrected chi connectivity index (χ0v) is 29.2. The van der Waals surface area contributed by atoms with Crippen LogP contribution in [0.25, 0.3) is 42.4 Å². The number of fused-ring (bicyclic) bond motifs is 15. The highest BCUT2D eigenvalue weighted by Gasteiger charge is 2.52. The fourth-order valence-electron chi connectivity index (χ4n) is 9.21. The van der Waals surface area contributed by atoms with Gasteiger partial charge in [-0.2, -0.15) is 0 Å². The zero-order chi connectivity index (χ0) is 34.7. The first kappa shape index (κ1) is 29.0. The molecular weight excluding hydrogens is 667 g/mol. The largest absolute Gasteiger partial charge is 0.449 e. The summed E-state index contributed by atoms with van der Waals surface area (Å²) in [5.74, 6) is 2.82. The lowest BCUT2D eigenvalue weighted by atomic mass is 9.70. The average molecular weight is 696 g/mol. The van der Waals surface area contributed by atoms with Crippen molar-refractivity contribution in [1.82, 2.24) is 0 Å². The van der Waals surface area contributed by atoms with Gasteiger partial charge in [-0.15, -0.1) is 11.3 Å². The van der Waals surface area contributed by atoms with Crippen LogP contribution in [0.1, 0.15) is 22.3 Å². The van der Waals surface area contributed by atoms with Gasteiger partial charge in [0.1, 0.15) is 0 Å². The highest BCUT2D eigenvalue weighted by atomic mass is 32.1. The average Bonchev–Trinajstić information content (AvgIpc) is 3.83. The van der Waals surface area contributed by atoms with E-state index in [2.05, 4.69) is 175 Å².